The number of nitrogens with one attached hydrogen (secondary N) is 1. The van der Waals surface area contributed by atoms with E-state index >= 15 is 0 Å². The summed E-state index contributed by atoms with van der Waals surface area (Å²) in [5.41, 5.74) is 0.864. The highest BCUT2D eigenvalue weighted by atomic mass is 35.5. The third-order valence-corrected chi connectivity index (χ3v) is 6.23. The molecular weight excluding hydrogens is 404 g/mol. The summed E-state index contributed by atoms with van der Waals surface area (Å²) >= 11 is 5.86. The Bertz CT molecular complexity index is 932. The van der Waals surface area contributed by atoms with E-state index in [2.05, 4.69) is 5.32 Å². The number of hydrogen-bond donors (Lipinski definition) is 1. The molecule has 2 aromatic rings. The number of ether oxygens (including phenoxy) is 2. The number of carbonyl (C=O) groups is 1. The van der Waals surface area contributed by atoms with Crippen LogP contribution in [0.4, 0.5) is 0 Å². The third kappa shape index (κ3) is 5.15. The summed E-state index contributed by atoms with van der Waals surface area (Å²) in [6.07, 6.45) is 0. The van der Waals surface area contributed by atoms with E-state index < -0.39 is 15.9 Å². The van der Waals surface area contributed by atoms with Gasteiger partial charge < -0.3 is 14.8 Å². The van der Waals surface area contributed by atoms with E-state index in [0.717, 1.165) is 9.87 Å². The molecule has 2 rings (SSSR count). The van der Waals surface area contributed by atoms with E-state index in [9.17, 15) is 13.2 Å². The van der Waals surface area contributed by atoms with Crippen molar-refractivity contribution in [1.29, 1.82) is 0 Å². The molecule has 9 heteroatoms. The number of methoxy groups -OCH3 is 2. The first-order valence-corrected chi connectivity index (χ1v) is 10.2. The van der Waals surface area contributed by atoms with Gasteiger partial charge in [-0.25, -0.2) is 8.42 Å². The maximum atomic E-state index is 12.8. The summed E-state index contributed by atoms with van der Waals surface area (Å²) < 4.78 is 36.8. The fraction of sp³-hybridized carbons (Fsp3) is 0.316. The van der Waals surface area contributed by atoms with Crippen molar-refractivity contribution in [3.63, 3.8) is 0 Å². The normalized spacial score (nSPS) is 12.5. The van der Waals surface area contributed by atoms with E-state index in [0.29, 0.717) is 10.8 Å². The average molecular weight is 427 g/mol. The molecule has 152 valence electrons. The Hall–Kier alpha value is -2.29. The topological polar surface area (TPSA) is 84.9 Å². The van der Waals surface area contributed by atoms with E-state index in [-0.39, 0.29) is 23.2 Å². The van der Waals surface area contributed by atoms with Crippen LogP contribution in [-0.2, 0) is 14.8 Å². The number of benzene rings is 2. The van der Waals surface area contributed by atoms with Crippen LogP contribution in [0.25, 0.3) is 0 Å². The van der Waals surface area contributed by atoms with Gasteiger partial charge in [-0.05, 0) is 36.8 Å². The van der Waals surface area contributed by atoms with Crippen LogP contribution in [0.5, 0.6) is 11.5 Å². The lowest BCUT2D eigenvalue weighted by Gasteiger charge is -2.20. The minimum absolute atomic E-state index is 0.00574. The molecule has 0 saturated carbocycles. The molecule has 0 bridgehead atoms. The third-order valence-electron chi connectivity index (χ3n) is 4.18. The first-order valence-electron chi connectivity index (χ1n) is 8.42. The van der Waals surface area contributed by atoms with Crippen molar-refractivity contribution in [3.05, 3.63) is 53.1 Å². The summed E-state index contributed by atoms with van der Waals surface area (Å²) in [5, 5.41) is 3.38. The lowest BCUT2D eigenvalue weighted by molar-refractivity contribution is -0.121. The number of sulfonamides is 1. The van der Waals surface area contributed by atoms with Gasteiger partial charge in [-0.15, -0.1) is 0 Å². The van der Waals surface area contributed by atoms with Crippen molar-refractivity contribution < 1.29 is 22.7 Å². The zero-order valence-electron chi connectivity index (χ0n) is 16.1. The van der Waals surface area contributed by atoms with E-state index in [1.165, 1.54) is 39.5 Å². The summed E-state index contributed by atoms with van der Waals surface area (Å²) in [5.74, 6) is 0.283. The Labute approximate surface area is 170 Å². The van der Waals surface area contributed by atoms with Gasteiger partial charge in [0.15, 0.2) is 11.5 Å². The van der Waals surface area contributed by atoms with Crippen LogP contribution >= 0.6 is 11.6 Å². The minimum atomic E-state index is -3.88. The van der Waals surface area contributed by atoms with Gasteiger partial charge in [-0.3, -0.25) is 4.79 Å². The van der Waals surface area contributed by atoms with Crippen LogP contribution in [0.2, 0.25) is 5.02 Å². The number of amides is 1. The van der Waals surface area contributed by atoms with Crippen LogP contribution in [-0.4, -0.2) is 46.4 Å². The molecule has 2 aromatic carbocycles. The number of halogens is 1. The summed E-state index contributed by atoms with van der Waals surface area (Å²) in [4.78, 5) is 12.3. The van der Waals surface area contributed by atoms with Gasteiger partial charge in [-0.2, -0.15) is 4.31 Å². The lowest BCUT2D eigenvalue weighted by Crippen LogP contribution is -2.39. The van der Waals surface area contributed by atoms with Gasteiger partial charge >= 0.3 is 0 Å². The van der Waals surface area contributed by atoms with Gasteiger partial charge in [0.05, 0.1) is 31.7 Å². The zero-order valence-corrected chi connectivity index (χ0v) is 17.7. The van der Waals surface area contributed by atoms with Crippen LogP contribution in [0, 0.1) is 0 Å². The molecule has 0 fully saturated rings. The molecule has 0 aromatic heterocycles. The highest BCUT2D eigenvalue weighted by molar-refractivity contribution is 7.89. The van der Waals surface area contributed by atoms with Crippen molar-refractivity contribution in [1.82, 2.24) is 9.62 Å². The Morgan fingerprint density at radius 1 is 1.11 bits per heavy atom. The number of nitrogens with zero attached hydrogens (tertiary/aromatic N) is 1. The van der Waals surface area contributed by atoms with Crippen molar-refractivity contribution >= 4 is 27.5 Å². The molecule has 7 nitrogen and oxygen atoms in total. The highest BCUT2D eigenvalue weighted by Crippen LogP contribution is 2.30. The van der Waals surface area contributed by atoms with Gasteiger partial charge in [0.1, 0.15) is 0 Å². The smallest absolute Gasteiger partial charge is 0.243 e. The monoisotopic (exact) mass is 426 g/mol. The van der Waals surface area contributed by atoms with Crippen molar-refractivity contribution in [2.24, 2.45) is 0 Å². The second-order valence-electron chi connectivity index (χ2n) is 6.12. The largest absolute Gasteiger partial charge is 0.493 e. The minimum Gasteiger partial charge on any atom is -0.493 e. The fourth-order valence-corrected chi connectivity index (χ4v) is 3.84. The van der Waals surface area contributed by atoms with E-state index in [4.69, 9.17) is 21.1 Å². The lowest BCUT2D eigenvalue weighted by atomic mass is 10.1. The second kappa shape index (κ2) is 9.27. The molecule has 1 amide bonds. The molecule has 0 unspecified atom stereocenters. The quantitative estimate of drug-likeness (QED) is 0.701. The molecule has 0 saturated heterocycles. The van der Waals surface area contributed by atoms with Crippen LogP contribution in [0.1, 0.15) is 18.5 Å². The van der Waals surface area contributed by atoms with Crippen LogP contribution < -0.4 is 14.8 Å². The maximum Gasteiger partial charge on any atom is 0.243 e. The number of rotatable bonds is 8. The Morgan fingerprint density at radius 2 is 1.71 bits per heavy atom. The van der Waals surface area contributed by atoms with Gasteiger partial charge in [-0.1, -0.05) is 23.7 Å². The summed E-state index contributed by atoms with van der Waals surface area (Å²) in [7, 11) is 0.350. The van der Waals surface area contributed by atoms with E-state index in [1.807, 2.05) is 6.92 Å². The zero-order chi connectivity index (χ0) is 20.9. The number of likely N-dealkylation sites (N-methyl/N-ethyl adjacent to an activating group) is 1. The summed E-state index contributed by atoms with van der Waals surface area (Å²) in [6.45, 7) is 1.48. The molecule has 0 radical (unpaired) electrons. The molecular formula is C19H23ClN2O5S. The fourth-order valence-electron chi connectivity index (χ4n) is 2.57. The average Bonchev–Trinajstić information content (AvgIpc) is 2.67. The van der Waals surface area contributed by atoms with Crippen molar-refractivity contribution in [2.75, 3.05) is 27.8 Å². The standard InChI is InChI=1S/C19H23ClN2O5S/c1-13(14-5-7-15(20)8-6-14)21-19(23)12-22(2)28(24,25)16-9-10-17(26-3)18(11-16)27-4/h5-11,13H,12H2,1-4H3,(H,21,23)/t13-/m0/s1. The highest BCUT2D eigenvalue weighted by Gasteiger charge is 2.25. The first kappa shape index (κ1) is 22.0. The summed E-state index contributed by atoms with van der Waals surface area (Å²) in [6, 6.07) is 11.0. The molecule has 1 N–H and O–H groups in total. The maximum absolute atomic E-state index is 12.8. The van der Waals surface area contributed by atoms with Gasteiger partial charge in [0, 0.05) is 18.1 Å². The van der Waals surface area contributed by atoms with Crippen molar-refractivity contribution in [2.45, 2.75) is 17.9 Å². The van der Waals surface area contributed by atoms with E-state index in [1.54, 1.807) is 24.3 Å². The van der Waals surface area contributed by atoms with Gasteiger partial charge in [0.25, 0.3) is 0 Å². The van der Waals surface area contributed by atoms with Gasteiger partial charge in [0.2, 0.25) is 15.9 Å². The molecule has 0 spiro atoms. The second-order valence-corrected chi connectivity index (χ2v) is 8.60. The molecule has 1 atom stereocenters. The number of hydrogen-bond acceptors (Lipinski definition) is 5. The molecule has 0 heterocycles. The Kier molecular flexibility index (Phi) is 7.29. The first-order chi connectivity index (χ1) is 13.2. The molecule has 0 aliphatic carbocycles. The Balaban J connectivity index is 2.08. The van der Waals surface area contributed by atoms with Crippen LogP contribution in [0.3, 0.4) is 0 Å². The predicted octanol–water partition coefficient (Wildman–Crippen LogP) is 2.86. The SMILES string of the molecule is COc1ccc(S(=O)(=O)N(C)CC(=O)N[C@@H](C)c2ccc(Cl)cc2)cc1OC. The number of carbonyl (C=O) groups excluding carboxylic acids is 1. The molecule has 0 aliphatic heterocycles. The van der Waals surface area contributed by atoms with Crippen LogP contribution in [0.15, 0.2) is 47.4 Å². The molecule has 0 aliphatic rings. The predicted molar refractivity (Wildman–Crippen MR) is 107 cm³/mol. The Morgan fingerprint density at radius 3 is 2.29 bits per heavy atom. The van der Waals surface area contributed by atoms with Crippen molar-refractivity contribution in [3.8, 4) is 11.5 Å². The molecule has 28 heavy (non-hydrogen) atoms.